The first-order valence-electron chi connectivity index (χ1n) is 7.59. The Balaban J connectivity index is 1.95. The second kappa shape index (κ2) is 6.53. The topological polar surface area (TPSA) is 35.2 Å². The van der Waals surface area contributed by atoms with E-state index in [4.69, 9.17) is 10.5 Å². The standard InChI is InChI=1S/C17H27NO/c1-3-15-6-8-16(9-7-15)12-19-17(13-18)10-4-5-14(2)11-17/h6-9,14H,3-5,10-13,18H2,1-2H3. The molecule has 1 saturated carbocycles. The largest absolute Gasteiger partial charge is 0.369 e. The molecule has 0 heterocycles. The van der Waals surface area contributed by atoms with Gasteiger partial charge in [-0.1, -0.05) is 51.0 Å². The third kappa shape index (κ3) is 3.80. The molecule has 0 aliphatic heterocycles. The van der Waals surface area contributed by atoms with Gasteiger partial charge in [-0.15, -0.1) is 0 Å². The molecule has 2 rings (SSSR count). The van der Waals surface area contributed by atoms with E-state index in [-0.39, 0.29) is 5.60 Å². The third-order valence-electron chi connectivity index (χ3n) is 4.40. The third-order valence-corrected chi connectivity index (χ3v) is 4.40. The maximum Gasteiger partial charge on any atom is 0.0811 e. The van der Waals surface area contributed by atoms with Gasteiger partial charge >= 0.3 is 0 Å². The van der Waals surface area contributed by atoms with Gasteiger partial charge < -0.3 is 10.5 Å². The Morgan fingerprint density at radius 3 is 2.53 bits per heavy atom. The summed E-state index contributed by atoms with van der Waals surface area (Å²) in [5, 5.41) is 0. The predicted molar refractivity (Wildman–Crippen MR) is 80.0 cm³/mol. The van der Waals surface area contributed by atoms with Gasteiger partial charge in [-0.2, -0.15) is 0 Å². The van der Waals surface area contributed by atoms with Crippen LogP contribution in [0.1, 0.15) is 50.7 Å². The Hall–Kier alpha value is -0.860. The van der Waals surface area contributed by atoms with Crippen LogP contribution in [0.25, 0.3) is 0 Å². The molecule has 0 aromatic heterocycles. The van der Waals surface area contributed by atoms with Crippen molar-refractivity contribution < 1.29 is 4.74 Å². The van der Waals surface area contributed by atoms with Crippen LogP contribution in [0, 0.1) is 5.92 Å². The van der Waals surface area contributed by atoms with Gasteiger partial charge in [0, 0.05) is 6.54 Å². The lowest BCUT2D eigenvalue weighted by molar-refractivity contribution is -0.0840. The maximum absolute atomic E-state index is 6.22. The monoisotopic (exact) mass is 261 g/mol. The van der Waals surface area contributed by atoms with Gasteiger partial charge in [-0.05, 0) is 36.3 Å². The smallest absolute Gasteiger partial charge is 0.0811 e. The minimum absolute atomic E-state index is 0.0822. The van der Waals surface area contributed by atoms with Crippen molar-refractivity contribution in [2.45, 2.75) is 58.2 Å². The molecule has 2 unspecified atom stereocenters. The van der Waals surface area contributed by atoms with Gasteiger partial charge in [0.1, 0.15) is 0 Å². The first-order chi connectivity index (χ1) is 9.17. The number of aryl methyl sites for hydroxylation is 1. The van der Waals surface area contributed by atoms with Gasteiger partial charge in [0.15, 0.2) is 0 Å². The average Bonchev–Trinajstić information content (AvgIpc) is 2.46. The number of benzene rings is 1. The van der Waals surface area contributed by atoms with E-state index < -0.39 is 0 Å². The molecule has 0 spiro atoms. The highest BCUT2D eigenvalue weighted by atomic mass is 16.5. The molecule has 2 nitrogen and oxygen atoms in total. The fraction of sp³-hybridized carbons (Fsp3) is 0.647. The minimum Gasteiger partial charge on any atom is -0.369 e. The molecule has 0 radical (unpaired) electrons. The first-order valence-corrected chi connectivity index (χ1v) is 7.59. The molecule has 0 amide bonds. The minimum atomic E-state index is -0.0822. The Morgan fingerprint density at radius 2 is 1.95 bits per heavy atom. The van der Waals surface area contributed by atoms with Crippen LogP contribution in [-0.4, -0.2) is 12.1 Å². The van der Waals surface area contributed by atoms with Crippen LogP contribution in [0.5, 0.6) is 0 Å². The van der Waals surface area contributed by atoms with E-state index in [1.165, 1.54) is 24.0 Å². The quantitative estimate of drug-likeness (QED) is 0.877. The highest BCUT2D eigenvalue weighted by Crippen LogP contribution is 2.35. The molecule has 0 saturated heterocycles. The molecular weight excluding hydrogens is 234 g/mol. The summed E-state index contributed by atoms with van der Waals surface area (Å²) >= 11 is 0. The van der Waals surface area contributed by atoms with Gasteiger partial charge in [0.05, 0.1) is 12.2 Å². The van der Waals surface area contributed by atoms with E-state index in [1.54, 1.807) is 0 Å². The van der Waals surface area contributed by atoms with E-state index in [9.17, 15) is 0 Å². The zero-order valence-electron chi connectivity index (χ0n) is 12.3. The van der Waals surface area contributed by atoms with Crippen molar-refractivity contribution in [1.82, 2.24) is 0 Å². The van der Waals surface area contributed by atoms with Crippen molar-refractivity contribution in [1.29, 1.82) is 0 Å². The van der Waals surface area contributed by atoms with Crippen LogP contribution in [-0.2, 0) is 17.8 Å². The van der Waals surface area contributed by atoms with E-state index in [1.807, 2.05) is 0 Å². The molecule has 1 fully saturated rings. The van der Waals surface area contributed by atoms with Crippen LogP contribution < -0.4 is 5.73 Å². The van der Waals surface area contributed by atoms with E-state index in [0.717, 1.165) is 25.2 Å². The van der Waals surface area contributed by atoms with Gasteiger partial charge in [0.2, 0.25) is 0 Å². The highest BCUT2D eigenvalue weighted by molar-refractivity contribution is 5.21. The highest BCUT2D eigenvalue weighted by Gasteiger charge is 2.34. The lowest BCUT2D eigenvalue weighted by Crippen LogP contribution is -2.44. The SMILES string of the molecule is CCc1ccc(COC2(CN)CCCC(C)C2)cc1. The molecule has 1 aromatic carbocycles. The van der Waals surface area contributed by atoms with Crippen LogP contribution >= 0.6 is 0 Å². The van der Waals surface area contributed by atoms with Crippen molar-refractivity contribution in [3.8, 4) is 0 Å². The lowest BCUT2D eigenvalue weighted by Gasteiger charge is -2.39. The van der Waals surface area contributed by atoms with E-state index in [2.05, 4.69) is 38.1 Å². The van der Waals surface area contributed by atoms with Crippen molar-refractivity contribution in [3.63, 3.8) is 0 Å². The van der Waals surface area contributed by atoms with Crippen molar-refractivity contribution in [2.24, 2.45) is 11.7 Å². The van der Waals surface area contributed by atoms with E-state index in [0.29, 0.717) is 13.2 Å². The fourth-order valence-corrected chi connectivity index (χ4v) is 3.09. The summed E-state index contributed by atoms with van der Waals surface area (Å²) in [5.41, 5.74) is 8.53. The summed E-state index contributed by atoms with van der Waals surface area (Å²) < 4.78 is 6.22. The Bertz CT molecular complexity index is 387. The normalized spacial score (nSPS) is 27.4. The van der Waals surface area contributed by atoms with Gasteiger partial charge in [-0.25, -0.2) is 0 Å². The Kier molecular flexibility index (Phi) is 5.00. The second-order valence-electron chi connectivity index (χ2n) is 6.05. The number of rotatable bonds is 5. The van der Waals surface area contributed by atoms with Crippen LogP contribution in [0.3, 0.4) is 0 Å². The van der Waals surface area contributed by atoms with Crippen molar-refractivity contribution >= 4 is 0 Å². The Labute approximate surface area is 117 Å². The molecule has 2 heteroatoms. The summed E-state index contributed by atoms with van der Waals surface area (Å²) in [6.45, 7) is 5.82. The number of ether oxygens (including phenoxy) is 1. The zero-order chi connectivity index (χ0) is 13.7. The summed E-state index contributed by atoms with van der Waals surface area (Å²) in [6.07, 6.45) is 5.87. The first kappa shape index (κ1) is 14.5. The summed E-state index contributed by atoms with van der Waals surface area (Å²) in [7, 11) is 0. The lowest BCUT2D eigenvalue weighted by atomic mass is 9.79. The molecule has 106 valence electrons. The molecule has 2 N–H and O–H groups in total. The molecule has 1 aliphatic carbocycles. The van der Waals surface area contributed by atoms with Crippen LogP contribution in [0.15, 0.2) is 24.3 Å². The summed E-state index contributed by atoms with van der Waals surface area (Å²) in [5.74, 6) is 0.736. The Morgan fingerprint density at radius 1 is 1.26 bits per heavy atom. The van der Waals surface area contributed by atoms with Gasteiger partial charge in [0.25, 0.3) is 0 Å². The van der Waals surface area contributed by atoms with Crippen molar-refractivity contribution in [2.75, 3.05) is 6.54 Å². The molecular formula is C17H27NO. The number of nitrogens with two attached hydrogens (primary N) is 1. The second-order valence-corrected chi connectivity index (χ2v) is 6.05. The molecule has 0 bridgehead atoms. The summed E-state index contributed by atoms with van der Waals surface area (Å²) in [6, 6.07) is 8.74. The molecule has 1 aliphatic rings. The molecule has 19 heavy (non-hydrogen) atoms. The predicted octanol–water partition coefficient (Wildman–Crippen LogP) is 3.67. The molecule has 2 atom stereocenters. The maximum atomic E-state index is 6.22. The van der Waals surface area contributed by atoms with E-state index >= 15 is 0 Å². The average molecular weight is 261 g/mol. The van der Waals surface area contributed by atoms with Crippen LogP contribution in [0.4, 0.5) is 0 Å². The van der Waals surface area contributed by atoms with Crippen molar-refractivity contribution in [3.05, 3.63) is 35.4 Å². The number of hydrogen-bond donors (Lipinski definition) is 1. The van der Waals surface area contributed by atoms with Gasteiger partial charge in [-0.3, -0.25) is 0 Å². The zero-order valence-corrected chi connectivity index (χ0v) is 12.3. The molecule has 1 aromatic rings. The summed E-state index contributed by atoms with van der Waals surface area (Å²) in [4.78, 5) is 0. The number of hydrogen-bond acceptors (Lipinski definition) is 2. The van der Waals surface area contributed by atoms with Crippen LogP contribution in [0.2, 0.25) is 0 Å². The fourth-order valence-electron chi connectivity index (χ4n) is 3.09.